The molecule has 0 N–H and O–H groups in total. The second-order valence-corrected chi connectivity index (χ2v) is 12.7. The van der Waals surface area contributed by atoms with Gasteiger partial charge in [-0.15, -0.1) is 0 Å². The van der Waals surface area contributed by atoms with E-state index in [0.29, 0.717) is 41.4 Å². The van der Waals surface area contributed by atoms with Crippen molar-refractivity contribution < 1.29 is 19.0 Å². The summed E-state index contributed by atoms with van der Waals surface area (Å²) in [6.07, 6.45) is 9.12. The molecule has 4 nitrogen and oxygen atoms in total. The number of ether oxygens (including phenoxy) is 3. The summed E-state index contributed by atoms with van der Waals surface area (Å²) in [7, 11) is 1.86. The lowest BCUT2D eigenvalue weighted by Crippen LogP contribution is -2.54. The molecule has 3 rings (SSSR count). The molecule has 33 heavy (non-hydrogen) atoms. The predicted octanol–water partition coefficient (Wildman–Crippen LogP) is 7.88. The Morgan fingerprint density at radius 2 is 1.67 bits per heavy atom. The summed E-state index contributed by atoms with van der Waals surface area (Å²) in [4.78, 5) is 13.3. The molecular formula is C29H52O4. The zero-order valence-electron chi connectivity index (χ0n) is 23.0. The first-order chi connectivity index (χ1) is 15.5. The Kier molecular flexibility index (Phi) is 8.51. The van der Waals surface area contributed by atoms with Gasteiger partial charge in [0.1, 0.15) is 11.7 Å². The molecule has 10 atom stereocenters. The molecule has 0 heterocycles. The maximum atomic E-state index is 13.3. The van der Waals surface area contributed by atoms with E-state index in [9.17, 15) is 4.79 Å². The van der Waals surface area contributed by atoms with E-state index in [0.717, 1.165) is 25.7 Å². The highest BCUT2D eigenvalue weighted by atomic mass is 16.7. The van der Waals surface area contributed by atoms with Crippen LogP contribution >= 0.6 is 0 Å². The summed E-state index contributed by atoms with van der Waals surface area (Å²) < 4.78 is 18.5. The number of rotatable bonds is 10. The molecule has 3 fully saturated rings. The van der Waals surface area contributed by atoms with Crippen LogP contribution in [0.4, 0.5) is 4.79 Å². The quantitative estimate of drug-likeness (QED) is 0.308. The normalized spacial score (nSPS) is 36.3. The van der Waals surface area contributed by atoms with Gasteiger partial charge in [-0.1, -0.05) is 54.4 Å². The van der Waals surface area contributed by atoms with Crippen LogP contribution in [-0.2, 0) is 14.2 Å². The van der Waals surface area contributed by atoms with Gasteiger partial charge in [-0.25, -0.2) is 4.79 Å². The maximum Gasteiger partial charge on any atom is 0.509 e. The highest BCUT2D eigenvalue weighted by Crippen LogP contribution is 2.60. The van der Waals surface area contributed by atoms with Gasteiger partial charge in [-0.2, -0.15) is 0 Å². The maximum absolute atomic E-state index is 13.3. The topological polar surface area (TPSA) is 44.8 Å². The number of hydrogen-bond donors (Lipinski definition) is 0. The van der Waals surface area contributed by atoms with Gasteiger partial charge in [0.2, 0.25) is 0 Å². The van der Waals surface area contributed by atoms with Crippen molar-refractivity contribution in [3.05, 3.63) is 0 Å². The summed E-state index contributed by atoms with van der Waals surface area (Å²) in [6.45, 7) is 17.8. The lowest BCUT2D eigenvalue weighted by atomic mass is 9.59. The Labute approximate surface area is 203 Å². The Morgan fingerprint density at radius 1 is 1.00 bits per heavy atom. The zero-order valence-corrected chi connectivity index (χ0v) is 23.0. The third-order valence-electron chi connectivity index (χ3n) is 10.8. The molecule has 0 radical (unpaired) electrons. The van der Waals surface area contributed by atoms with Gasteiger partial charge in [0.25, 0.3) is 0 Å². The standard InChI is InChI=1S/C29H52O4/c1-10-19(4)20(5)25(22-13-12-18(3)16-22)32-27(30)33-28(6,7)29(8,11-2)24-21-14-15-23(17-21)26(24)31-9/h18-26H,10-17H2,1-9H3. The molecule has 2 bridgehead atoms. The Balaban J connectivity index is 1.75. The van der Waals surface area contributed by atoms with Gasteiger partial charge < -0.3 is 14.2 Å². The zero-order chi connectivity index (χ0) is 24.6. The van der Waals surface area contributed by atoms with Crippen LogP contribution in [0.15, 0.2) is 0 Å². The van der Waals surface area contributed by atoms with Crippen LogP contribution in [0, 0.1) is 46.8 Å². The van der Waals surface area contributed by atoms with E-state index in [1.807, 2.05) is 7.11 Å². The van der Waals surface area contributed by atoms with E-state index in [2.05, 4.69) is 55.4 Å². The molecule has 0 aromatic heterocycles. The smallest absolute Gasteiger partial charge is 0.430 e. The first-order valence-electron chi connectivity index (χ1n) is 13.9. The largest absolute Gasteiger partial charge is 0.509 e. The molecule has 0 amide bonds. The average molecular weight is 465 g/mol. The fourth-order valence-corrected chi connectivity index (χ4v) is 7.86. The van der Waals surface area contributed by atoms with Crippen LogP contribution in [0.5, 0.6) is 0 Å². The highest BCUT2D eigenvalue weighted by Gasteiger charge is 2.60. The lowest BCUT2D eigenvalue weighted by molar-refractivity contribution is -0.156. The van der Waals surface area contributed by atoms with E-state index >= 15 is 0 Å². The van der Waals surface area contributed by atoms with Gasteiger partial charge >= 0.3 is 6.16 Å². The number of hydrogen-bond acceptors (Lipinski definition) is 4. The summed E-state index contributed by atoms with van der Waals surface area (Å²) in [5.74, 6) is 3.75. The average Bonchev–Trinajstić information content (AvgIpc) is 3.51. The summed E-state index contributed by atoms with van der Waals surface area (Å²) in [5, 5.41) is 0. The molecule has 0 aromatic carbocycles. The monoisotopic (exact) mass is 464 g/mol. The Bertz CT molecular complexity index is 658. The number of carbonyl (C=O) groups is 1. The van der Waals surface area contributed by atoms with Gasteiger partial charge in [0.15, 0.2) is 0 Å². The van der Waals surface area contributed by atoms with Crippen molar-refractivity contribution in [2.24, 2.45) is 46.8 Å². The molecule has 10 unspecified atom stereocenters. The van der Waals surface area contributed by atoms with Gasteiger partial charge in [0, 0.05) is 12.5 Å². The van der Waals surface area contributed by atoms with Crippen LogP contribution in [0.2, 0.25) is 0 Å². The molecule has 3 saturated carbocycles. The second-order valence-electron chi connectivity index (χ2n) is 12.7. The first-order valence-corrected chi connectivity index (χ1v) is 13.9. The predicted molar refractivity (Wildman–Crippen MR) is 134 cm³/mol. The molecule has 0 aliphatic heterocycles. The van der Waals surface area contributed by atoms with Crippen molar-refractivity contribution in [1.29, 1.82) is 0 Å². The van der Waals surface area contributed by atoms with Crippen molar-refractivity contribution in [3.8, 4) is 0 Å². The molecule has 0 saturated heterocycles. The molecular weight excluding hydrogens is 412 g/mol. The Morgan fingerprint density at radius 3 is 2.21 bits per heavy atom. The minimum absolute atomic E-state index is 0.0599. The van der Waals surface area contributed by atoms with Crippen molar-refractivity contribution in [2.45, 2.75) is 125 Å². The van der Waals surface area contributed by atoms with Crippen molar-refractivity contribution in [3.63, 3.8) is 0 Å². The van der Waals surface area contributed by atoms with Crippen LogP contribution in [0.1, 0.15) is 107 Å². The third kappa shape index (κ3) is 5.11. The van der Waals surface area contributed by atoms with E-state index < -0.39 is 11.8 Å². The molecule has 192 valence electrons. The minimum Gasteiger partial charge on any atom is -0.430 e. The van der Waals surface area contributed by atoms with Gasteiger partial charge in [-0.3, -0.25) is 0 Å². The van der Waals surface area contributed by atoms with Gasteiger partial charge in [-0.05, 0) is 93.8 Å². The highest BCUT2D eigenvalue weighted by molar-refractivity contribution is 5.61. The minimum atomic E-state index is -0.627. The first kappa shape index (κ1) is 26.8. The lowest BCUT2D eigenvalue weighted by Gasteiger charge is -2.51. The summed E-state index contributed by atoms with van der Waals surface area (Å²) in [5.41, 5.74) is -0.788. The third-order valence-corrected chi connectivity index (χ3v) is 10.8. The van der Waals surface area contributed by atoms with Crippen LogP contribution in [0.25, 0.3) is 0 Å². The molecule has 3 aliphatic carbocycles. The number of fused-ring (bicyclic) bond motifs is 2. The SMILES string of the molecule is CCC(C)C(C)C(OC(=O)OC(C)(C)C(C)(CC)C1C2CCC(C2)C1OC)C1CCC(C)C1. The van der Waals surface area contributed by atoms with E-state index in [4.69, 9.17) is 14.2 Å². The fraction of sp³-hybridized carbons (Fsp3) is 0.966. The van der Waals surface area contributed by atoms with Crippen LogP contribution < -0.4 is 0 Å². The molecule has 4 heteroatoms. The van der Waals surface area contributed by atoms with E-state index in [1.165, 1.54) is 25.7 Å². The van der Waals surface area contributed by atoms with Crippen LogP contribution in [-0.4, -0.2) is 31.1 Å². The Hall–Kier alpha value is -0.770. The summed E-state index contributed by atoms with van der Waals surface area (Å²) in [6, 6.07) is 0. The number of methoxy groups -OCH3 is 1. The summed E-state index contributed by atoms with van der Waals surface area (Å²) >= 11 is 0. The molecule has 3 aliphatic rings. The van der Waals surface area contributed by atoms with Crippen molar-refractivity contribution in [2.75, 3.05) is 7.11 Å². The molecule has 0 spiro atoms. The van der Waals surface area contributed by atoms with Crippen molar-refractivity contribution >= 4 is 6.16 Å². The van der Waals surface area contributed by atoms with Gasteiger partial charge in [0.05, 0.1) is 6.10 Å². The number of carbonyl (C=O) groups excluding carboxylic acids is 1. The van der Waals surface area contributed by atoms with Crippen LogP contribution in [0.3, 0.4) is 0 Å². The van der Waals surface area contributed by atoms with Crippen molar-refractivity contribution in [1.82, 2.24) is 0 Å². The fourth-order valence-electron chi connectivity index (χ4n) is 7.86. The van der Waals surface area contributed by atoms with E-state index in [-0.39, 0.29) is 17.6 Å². The second kappa shape index (κ2) is 10.5. The molecule has 0 aromatic rings. The van der Waals surface area contributed by atoms with E-state index in [1.54, 1.807) is 0 Å².